The summed E-state index contributed by atoms with van der Waals surface area (Å²) in [6, 6.07) is 7.56. The smallest absolute Gasteiger partial charge is 0.252 e. The van der Waals surface area contributed by atoms with Crippen LogP contribution >= 0.6 is 22.6 Å². The summed E-state index contributed by atoms with van der Waals surface area (Å²) in [7, 11) is 3.14. The van der Waals surface area contributed by atoms with Gasteiger partial charge < -0.3 is 19.7 Å². The molecule has 0 atom stereocenters. The normalized spacial score (nSPS) is 14.0. The largest absolute Gasteiger partial charge is 0.493 e. The Morgan fingerprint density at radius 3 is 2.48 bits per heavy atom. The molecule has 1 aromatic heterocycles. The van der Waals surface area contributed by atoms with Crippen molar-refractivity contribution in [1.29, 1.82) is 0 Å². The molecule has 144 valence electrons. The quantitative estimate of drug-likeness (QED) is 0.639. The van der Waals surface area contributed by atoms with E-state index in [4.69, 9.17) is 9.47 Å². The number of pyridine rings is 1. The fourth-order valence-electron chi connectivity index (χ4n) is 3.14. The van der Waals surface area contributed by atoms with E-state index in [2.05, 4.69) is 37.8 Å². The maximum Gasteiger partial charge on any atom is 0.252 e. The van der Waals surface area contributed by atoms with Crippen molar-refractivity contribution < 1.29 is 14.3 Å². The lowest BCUT2D eigenvalue weighted by Gasteiger charge is -2.27. The van der Waals surface area contributed by atoms with Gasteiger partial charge in [-0.15, -0.1) is 0 Å². The first-order valence-corrected chi connectivity index (χ1v) is 10.1. The molecule has 2 heterocycles. The number of amides is 1. The van der Waals surface area contributed by atoms with Gasteiger partial charge in [-0.1, -0.05) is 6.07 Å². The molecule has 1 aliphatic heterocycles. The molecule has 1 N–H and O–H groups in total. The predicted octanol–water partition coefficient (Wildman–Crippen LogP) is 3.62. The molecular weight excluding hydrogens is 457 g/mol. The Kier molecular flexibility index (Phi) is 6.76. The molecule has 27 heavy (non-hydrogen) atoms. The van der Waals surface area contributed by atoms with E-state index in [1.54, 1.807) is 26.4 Å². The van der Waals surface area contributed by atoms with Gasteiger partial charge >= 0.3 is 0 Å². The van der Waals surface area contributed by atoms with Gasteiger partial charge in [-0.3, -0.25) is 4.79 Å². The van der Waals surface area contributed by atoms with Crippen LogP contribution in [0.25, 0.3) is 0 Å². The number of carbonyl (C=O) groups is 1. The van der Waals surface area contributed by atoms with Gasteiger partial charge in [0.05, 0.1) is 19.8 Å². The number of rotatable bonds is 6. The third kappa shape index (κ3) is 4.82. The Bertz CT molecular complexity index is 790. The van der Waals surface area contributed by atoms with E-state index < -0.39 is 0 Å². The van der Waals surface area contributed by atoms with Crippen LogP contribution in [0.15, 0.2) is 30.5 Å². The van der Waals surface area contributed by atoms with E-state index in [1.807, 2.05) is 18.3 Å². The van der Waals surface area contributed by atoms with Crippen molar-refractivity contribution in [3.05, 3.63) is 45.2 Å². The number of nitrogens with one attached hydrogen (secondary N) is 1. The molecule has 1 fully saturated rings. The zero-order valence-corrected chi connectivity index (χ0v) is 17.8. The SMILES string of the molecule is COc1cc(I)c(C(=O)NCc2ccc(N3CCCCC3)nc2)cc1OC. The minimum absolute atomic E-state index is 0.152. The lowest BCUT2D eigenvalue weighted by molar-refractivity contribution is 0.0949. The number of halogens is 1. The first-order valence-electron chi connectivity index (χ1n) is 9.02. The molecule has 1 aromatic carbocycles. The molecule has 0 unspecified atom stereocenters. The Morgan fingerprint density at radius 2 is 1.85 bits per heavy atom. The third-order valence-corrected chi connectivity index (χ3v) is 5.55. The Balaban J connectivity index is 1.63. The summed E-state index contributed by atoms with van der Waals surface area (Å²) in [5, 5.41) is 2.95. The third-order valence-electron chi connectivity index (χ3n) is 4.66. The Hall–Kier alpha value is -2.03. The van der Waals surface area contributed by atoms with Gasteiger partial charge in [-0.2, -0.15) is 0 Å². The Labute approximate surface area is 173 Å². The summed E-state index contributed by atoms with van der Waals surface area (Å²) in [5.74, 6) is 2.01. The number of aromatic nitrogens is 1. The average molecular weight is 481 g/mol. The van der Waals surface area contributed by atoms with Crippen LogP contribution < -0.4 is 19.7 Å². The van der Waals surface area contributed by atoms with Crippen LogP contribution in [0.5, 0.6) is 11.5 Å². The van der Waals surface area contributed by atoms with E-state index >= 15 is 0 Å². The Morgan fingerprint density at radius 1 is 1.15 bits per heavy atom. The molecule has 1 aliphatic rings. The van der Waals surface area contributed by atoms with Gasteiger partial charge in [0.15, 0.2) is 11.5 Å². The van der Waals surface area contributed by atoms with Gasteiger partial charge in [-0.25, -0.2) is 4.98 Å². The lowest BCUT2D eigenvalue weighted by atomic mass is 10.1. The van der Waals surface area contributed by atoms with E-state index in [-0.39, 0.29) is 5.91 Å². The van der Waals surface area contributed by atoms with Crippen LogP contribution in [0, 0.1) is 3.57 Å². The monoisotopic (exact) mass is 481 g/mol. The van der Waals surface area contributed by atoms with Gasteiger partial charge in [0.2, 0.25) is 0 Å². The number of piperidine rings is 1. The summed E-state index contributed by atoms with van der Waals surface area (Å²) < 4.78 is 11.4. The molecule has 6 nitrogen and oxygen atoms in total. The summed E-state index contributed by atoms with van der Waals surface area (Å²) in [4.78, 5) is 19.5. The zero-order valence-electron chi connectivity index (χ0n) is 15.6. The number of anilines is 1. The number of benzene rings is 1. The van der Waals surface area contributed by atoms with Gasteiger partial charge in [0.25, 0.3) is 5.91 Å². The minimum atomic E-state index is -0.152. The fourth-order valence-corrected chi connectivity index (χ4v) is 3.82. The van der Waals surface area contributed by atoms with Crippen LogP contribution in [0.3, 0.4) is 0 Å². The van der Waals surface area contributed by atoms with Crippen molar-refractivity contribution in [2.75, 3.05) is 32.2 Å². The standard InChI is InChI=1S/C20H24IN3O3/c1-26-17-10-15(16(21)11-18(17)27-2)20(25)23-13-14-6-7-19(22-12-14)24-8-4-3-5-9-24/h6-7,10-12H,3-5,8-9,13H2,1-2H3,(H,23,25). The maximum absolute atomic E-state index is 12.6. The van der Waals surface area contributed by atoms with Crippen molar-refractivity contribution >= 4 is 34.3 Å². The van der Waals surface area contributed by atoms with Gasteiger partial charge in [-0.05, 0) is 65.6 Å². The van der Waals surface area contributed by atoms with E-state index in [1.165, 1.54) is 19.3 Å². The van der Waals surface area contributed by atoms with Crippen molar-refractivity contribution in [2.45, 2.75) is 25.8 Å². The number of hydrogen-bond donors (Lipinski definition) is 1. The highest BCUT2D eigenvalue weighted by Gasteiger charge is 2.16. The highest BCUT2D eigenvalue weighted by Crippen LogP contribution is 2.31. The van der Waals surface area contributed by atoms with Crippen LogP contribution in [0.1, 0.15) is 35.2 Å². The molecule has 0 radical (unpaired) electrons. The summed E-state index contributed by atoms with van der Waals surface area (Å²) in [6.45, 7) is 2.57. The highest BCUT2D eigenvalue weighted by molar-refractivity contribution is 14.1. The van der Waals surface area contributed by atoms with Gasteiger partial charge in [0, 0.05) is 29.4 Å². The van der Waals surface area contributed by atoms with E-state index in [0.29, 0.717) is 23.6 Å². The van der Waals surface area contributed by atoms with Crippen molar-refractivity contribution in [3.8, 4) is 11.5 Å². The highest BCUT2D eigenvalue weighted by atomic mass is 127. The molecule has 0 saturated carbocycles. The summed E-state index contributed by atoms with van der Waals surface area (Å²) >= 11 is 2.13. The second-order valence-electron chi connectivity index (χ2n) is 6.44. The number of hydrogen-bond acceptors (Lipinski definition) is 5. The molecule has 3 rings (SSSR count). The molecule has 7 heteroatoms. The average Bonchev–Trinajstić information content (AvgIpc) is 2.72. The van der Waals surface area contributed by atoms with Crippen LogP contribution in [-0.4, -0.2) is 38.2 Å². The number of nitrogens with zero attached hydrogens (tertiary/aromatic N) is 2. The first-order chi connectivity index (χ1) is 13.1. The second-order valence-corrected chi connectivity index (χ2v) is 7.60. The topological polar surface area (TPSA) is 63.7 Å². The van der Waals surface area contributed by atoms with Crippen LogP contribution in [0.4, 0.5) is 5.82 Å². The predicted molar refractivity (Wildman–Crippen MR) is 114 cm³/mol. The van der Waals surface area contributed by atoms with Crippen LogP contribution in [0.2, 0.25) is 0 Å². The second kappa shape index (κ2) is 9.25. The maximum atomic E-state index is 12.6. The molecule has 1 saturated heterocycles. The fraction of sp³-hybridized carbons (Fsp3) is 0.400. The van der Waals surface area contributed by atoms with E-state index in [0.717, 1.165) is 28.0 Å². The van der Waals surface area contributed by atoms with E-state index in [9.17, 15) is 4.79 Å². The summed E-state index contributed by atoms with van der Waals surface area (Å²) in [5.41, 5.74) is 1.53. The molecule has 0 spiro atoms. The van der Waals surface area contributed by atoms with Crippen molar-refractivity contribution in [3.63, 3.8) is 0 Å². The first kappa shape index (κ1) is 19.7. The summed E-state index contributed by atoms with van der Waals surface area (Å²) in [6.07, 6.45) is 5.59. The molecule has 2 aromatic rings. The van der Waals surface area contributed by atoms with Crippen molar-refractivity contribution in [1.82, 2.24) is 10.3 Å². The number of carbonyl (C=O) groups excluding carboxylic acids is 1. The minimum Gasteiger partial charge on any atom is -0.493 e. The number of ether oxygens (including phenoxy) is 2. The number of methoxy groups -OCH3 is 2. The zero-order chi connectivity index (χ0) is 19.2. The lowest BCUT2D eigenvalue weighted by Crippen LogP contribution is -2.30. The van der Waals surface area contributed by atoms with Crippen LogP contribution in [-0.2, 0) is 6.54 Å². The van der Waals surface area contributed by atoms with Gasteiger partial charge in [0.1, 0.15) is 5.82 Å². The molecular formula is C20H24IN3O3. The molecule has 0 aliphatic carbocycles. The molecule has 1 amide bonds. The van der Waals surface area contributed by atoms with Crippen molar-refractivity contribution in [2.24, 2.45) is 0 Å². The molecule has 0 bridgehead atoms.